The number of carbonyl (C=O) groups is 2. The molecule has 1 saturated carbocycles. The van der Waals surface area contributed by atoms with Gasteiger partial charge in [-0.2, -0.15) is 0 Å². The Labute approximate surface area is 165 Å². The first-order valence-corrected chi connectivity index (χ1v) is 9.82. The molecular weight excluding hydrogens is 354 g/mol. The molecule has 1 heterocycles. The predicted molar refractivity (Wildman–Crippen MR) is 105 cm³/mol. The van der Waals surface area contributed by atoms with Gasteiger partial charge in [-0.25, -0.2) is 9.59 Å². The van der Waals surface area contributed by atoms with Gasteiger partial charge in [0.25, 0.3) is 0 Å². The van der Waals surface area contributed by atoms with E-state index < -0.39 is 0 Å². The molecule has 28 heavy (non-hydrogen) atoms. The van der Waals surface area contributed by atoms with Crippen molar-refractivity contribution in [2.75, 3.05) is 13.1 Å². The molecule has 5 nitrogen and oxygen atoms in total. The second kappa shape index (κ2) is 8.05. The first kappa shape index (κ1) is 18.5. The number of nitrogens with zero attached hydrogens (tertiary/aromatic N) is 1. The Balaban J connectivity index is 1.24. The number of hydrogen-bond donors (Lipinski definition) is 0. The van der Waals surface area contributed by atoms with E-state index in [2.05, 4.69) is 0 Å². The minimum atomic E-state index is -0.260. The number of amides is 1. The minimum Gasteiger partial charge on any atom is -0.459 e. The van der Waals surface area contributed by atoms with Gasteiger partial charge in [0.05, 0.1) is 5.56 Å². The monoisotopic (exact) mass is 379 g/mol. The highest BCUT2D eigenvalue weighted by atomic mass is 16.6. The molecule has 1 amide bonds. The summed E-state index contributed by atoms with van der Waals surface area (Å²) < 4.78 is 11.1. The molecule has 2 fully saturated rings. The normalized spacial score (nSPS) is 23.3. The van der Waals surface area contributed by atoms with Crippen LogP contribution in [-0.4, -0.2) is 36.2 Å². The molecule has 0 aromatic heterocycles. The number of fused-ring (bicyclic) bond motifs is 1. The molecule has 1 saturated heterocycles. The fourth-order valence-electron chi connectivity index (χ4n) is 4.21. The van der Waals surface area contributed by atoms with Crippen molar-refractivity contribution >= 4 is 12.1 Å². The number of benzene rings is 2. The molecule has 0 radical (unpaired) electrons. The molecule has 1 unspecified atom stereocenters. The second-order valence-corrected chi connectivity index (χ2v) is 7.83. The molecule has 0 bridgehead atoms. The molecule has 0 N–H and O–H groups in total. The summed E-state index contributed by atoms with van der Waals surface area (Å²) in [6.07, 6.45) is 1.30. The second-order valence-electron chi connectivity index (χ2n) is 7.83. The van der Waals surface area contributed by atoms with Gasteiger partial charge in [0.1, 0.15) is 12.7 Å². The zero-order chi connectivity index (χ0) is 19.5. The summed E-state index contributed by atoms with van der Waals surface area (Å²) in [6, 6.07) is 17.1. The molecular formula is C23H25NO4. The van der Waals surface area contributed by atoms with Crippen molar-refractivity contribution in [3.63, 3.8) is 0 Å². The lowest BCUT2D eigenvalue weighted by Crippen LogP contribution is -2.31. The molecule has 1 aliphatic heterocycles. The maximum Gasteiger partial charge on any atom is 0.410 e. The van der Waals surface area contributed by atoms with E-state index in [1.165, 1.54) is 0 Å². The van der Waals surface area contributed by atoms with Crippen LogP contribution in [0.4, 0.5) is 4.79 Å². The summed E-state index contributed by atoms with van der Waals surface area (Å²) >= 11 is 0. The maximum absolute atomic E-state index is 12.3. The Morgan fingerprint density at radius 1 is 0.964 bits per heavy atom. The van der Waals surface area contributed by atoms with E-state index in [0.29, 0.717) is 37.1 Å². The van der Waals surface area contributed by atoms with E-state index in [1.807, 2.05) is 49.4 Å². The Kier molecular flexibility index (Phi) is 5.33. The summed E-state index contributed by atoms with van der Waals surface area (Å²) in [5, 5.41) is 0. The largest absolute Gasteiger partial charge is 0.459 e. The summed E-state index contributed by atoms with van der Waals surface area (Å²) in [6.45, 7) is 3.64. The van der Waals surface area contributed by atoms with Crippen LogP contribution in [0.1, 0.15) is 34.3 Å². The van der Waals surface area contributed by atoms with Crippen LogP contribution in [0.2, 0.25) is 0 Å². The first-order valence-electron chi connectivity index (χ1n) is 9.82. The van der Waals surface area contributed by atoms with Gasteiger partial charge in [0.15, 0.2) is 0 Å². The van der Waals surface area contributed by atoms with Crippen molar-refractivity contribution in [3.8, 4) is 0 Å². The number of carbonyl (C=O) groups excluding carboxylic acids is 2. The van der Waals surface area contributed by atoms with Crippen molar-refractivity contribution < 1.29 is 19.1 Å². The van der Waals surface area contributed by atoms with E-state index >= 15 is 0 Å². The molecule has 2 aromatic carbocycles. The molecule has 146 valence electrons. The highest BCUT2D eigenvalue weighted by Gasteiger charge is 2.44. The topological polar surface area (TPSA) is 55.8 Å². The molecule has 1 aliphatic carbocycles. The third-order valence-corrected chi connectivity index (χ3v) is 5.73. The average molecular weight is 379 g/mol. The van der Waals surface area contributed by atoms with Crippen LogP contribution in [0.5, 0.6) is 0 Å². The van der Waals surface area contributed by atoms with Gasteiger partial charge in [-0.1, -0.05) is 48.0 Å². The van der Waals surface area contributed by atoms with Crippen molar-refractivity contribution in [2.45, 2.75) is 32.5 Å². The van der Waals surface area contributed by atoms with Gasteiger partial charge < -0.3 is 14.4 Å². The van der Waals surface area contributed by atoms with Crippen LogP contribution in [0.25, 0.3) is 0 Å². The van der Waals surface area contributed by atoms with Crippen LogP contribution in [0.15, 0.2) is 54.6 Å². The third kappa shape index (κ3) is 4.19. The first-order chi connectivity index (χ1) is 13.6. The lowest BCUT2D eigenvalue weighted by Gasteiger charge is -2.19. The van der Waals surface area contributed by atoms with Crippen LogP contribution in [-0.2, 0) is 16.1 Å². The number of ether oxygens (including phenoxy) is 2. The Hall–Kier alpha value is -2.82. The minimum absolute atomic E-state index is 0.0636. The van der Waals surface area contributed by atoms with Crippen LogP contribution >= 0.6 is 0 Å². The van der Waals surface area contributed by atoms with Gasteiger partial charge in [-0.3, -0.25) is 0 Å². The quantitative estimate of drug-likeness (QED) is 0.747. The van der Waals surface area contributed by atoms with Crippen LogP contribution in [0.3, 0.4) is 0 Å². The van der Waals surface area contributed by atoms with Crippen molar-refractivity contribution in [2.24, 2.45) is 11.8 Å². The molecule has 4 rings (SSSR count). The molecule has 0 spiro atoms. The third-order valence-electron chi connectivity index (χ3n) is 5.73. The SMILES string of the molecule is Cc1ccc(C(=O)OC2C[C@@H]3CN(C(=O)OCc4ccccc4)C[C@@H]3C2)cc1. The summed E-state index contributed by atoms with van der Waals surface area (Å²) in [5.41, 5.74) is 2.69. The van der Waals surface area contributed by atoms with Crippen molar-refractivity contribution in [3.05, 3.63) is 71.3 Å². The lowest BCUT2D eigenvalue weighted by molar-refractivity contribution is 0.0287. The van der Waals surface area contributed by atoms with Gasteiger partial charge >= 0.3 is 12.1 Å². The maximum atomic E-state index is 12.3. The van der Waals surface area contributed by atoms with E-state index in [0.717, 1.165) is 24.0 Å². The van der Waals surface area contributed by atoms with Crippen molar-refractivity contribution in [1.29, 1.82) is 0 Å². The van der Waals surface area contributed by atoms with E-state index in [4.69, 9.17) is 9.47 Å². The lowest BCUT2D eigenvalue weighted by atomic mass is 10.0. The van der Waals surface area contributed by atoms with Gasteiger partial charge in [0.2, 0.25) is 0 Å². The zero-order valence-corrected chi connectivity index (χ0v) is 16.0. The molecule has 5 heteroatoms. The van der Waals surface area contributed by atoms with Gasteiger partial charge in [-0.15, -0.1) is 0 Å². The highest BCUT2D eigenvalue weighted by Crippen LogP contribution is 2.40. The number of rotatable bonds is 4. The molecule has 2 aliphatic rings. The van der Waals surface area contributed by atoms with Gasteiger partial charge in [0, 0.05) is 13.1 Å². The fraction of sp³-hybridized carbons (Fsp3) is 0.391. The Morgan fingerprint density at radius 2 is 1.61 bits per heavy atom. The smallest absolute Gasteiger partial charge is 0.410 e. The molecule has 3 atom stereocenters. The molecule has 2 aromatic rings. The average Bonchev–Trinajstić information content (AvgIpc) is 3.26. The van der Waals surface area contributed by atoms with E-state index in [9.17, 15) is 9.59 Å². The van der Waals surface area contributed by atoms with E-state index in [1.54, 1.807) is 17.0 Å². The zero-order valence-electron chi connectivity index (χ0n) is 16.0. The Bertz CT molecular complexity index is 819. The summed E-state index contributed by atoms with van der Waals surface area (Å²) in [7, 11) is 0. The van der Waals surface area contributed by atoms with E-state index in [-0.39, 0.29) is 18.2 Å². The number of hydrogen-bond acceptors (Lipinski definition) is 4. The summed E-state index contributed by atoms with van der Waals surface area (Å²) in [4.78, 5) is 26.4. The fourth-order valence-corrected chi connectivity index (χ4v) is 4.21. The number of likely N-dealkylation sites (tertiary alicyclic amines) is 1. The number of aryl methyl sites for hydroxylation is 1. The van der Waals surface area contributed by atoms with Crippen LogP contribution in [0, 0.1) is 18.8 Å². The highest BCUT2D eigenvalue weighted by molar-refractivity contribution is 5.89. The Morgan fingerprint density at radius 3 is 2.25 bits per heavy atom. The van der Waals surface area contributed by atoms with Crippen LogP contribution < -0.4 is 0 Å². The van der Waals surface area contributed by atoms with Crippen molar-refractivity contribution in [1.82, 2.24) is 4.90 Å². The standard InChI is InChI=1S/C23H25NO4/c1-16-7-9-18(10-8-16)22(25)28-21-11-19-13-24(14-20(19)12-21)23(26)27-15-17-5-3-2-4-6-17/h2-10,19-21H,11-15H2,1H3/t19-,20+,21?. The summed E-state index contributed by atoms with van der Waals surface area (Å²) in [5.74, 6) is 0.490. The predicted octanol–water partition coefficient (Wildman–Crippen LogP) is 4.20. The number of esters is 1. The van der Waals surface area contributed by atoms with Gasteiger partial charge in [-0.05, 0) is 49.3 Å².